The second kappa shape index (κ2) is 8.70. The zero-order valence-corrected chi connectivity index (χ0v) is 17.8. The Morgan fingerprint density at radius 2 is 1.97 bits per heavy atom. The lowest BCUT2D eigenvalue weighted by Crippen LogP contribution is -2.22. The van der Waals surface area contributed by atoms with E-state index in [9.17, 15) is 28.1 Å². The molecule has 13 heteroatoms. The van der Waals surface area contributed by atoms with E-state index in [1.54, 1.807) is 12.1 Å². The molecule has 0 N–H and O–H groups in total. The number of ether oxygens (including phenoxy) is 1. The van der Waals surface area contributed by atoms with Crippen molar-refractivity contribution in [2.24, 2.45) is 5.10 Å². The number of thiocarbonyl (C=S) groups is 1. The maximum Gasteiger partial charge on any atom is 0.416 e. The molecule has 1 fully saturated rings. The number of benzene rings is 2. The molecule has 0 spiro atoms. The molecule has 2 aromatic carbocycles. The van der Waals surface area contributed by atoms with E-state index < -0.39 is 22.4 Å². The Hall–Kier alpha value is -2.51. The number of rotatable bonds is 5. The lowest BCUT2D eigenvalue weighted by atomic mass is 10.1. The average Bonchev–Trinajstić information content (AvgIpc) is 2.99. The Morgan fingerprint density at radius 3 is 2.57 bits per heavy atom. The first kappa shape index (κ1) is 22.2. The van der Waals surface area contributed by atoms with Crippen molar-refractivity contribution in [3.8, 4) is 11.5 Å². The van der Waals surface area contributed by atoms with Crippen LogP contribution in [0, 0.1) is 10.1 Å². The Kier molecular flexibility index (Phi) is 6.43. The number of amides is 1. The van der Waals surface area contributed by atoms with E-state index in [1.807, 2.05) is 0 Å². The van der Waals surface area contributed by atoms with Crippen LogP contribution in [0.2, 0.25) is 0 Å². The minimum absolute atomic E-state index is 0.0787. The highest BCUT2D eigenvalue weighted by molar-refractivity contribution is 9.10. The molecular weight excluding hydrogens is 511 g/mol. The monoisotopic (exact) mass is 519 g/mol. The zero-order valence-electron chi connectivity index (χ0n) is 14.6. The Balaban J connectivity index is 1.97. The predicted molar refractivity (Wildman–Crippen MR) is 112 cm³/mol. The molecule has 3 rings (SSSR count). The van der Waals surface area contributed by atoms with Gasteiger partial charge in [-0.1, -0.05) is 39.9 Å². The number of hydrogen-bond acceptors (Lipinski definition) is 7. The predicted octanol–water partition coefficient (Wildman–Crippen LogP) is 5.36. The van der Waals surface area contributed by atoms with Gasteiger partial charge in [0.05, 0.1) is 22.5 Å². The van der Waals surface area contributed by atoms with E-state index in [4.69, 9.17) is 17.0 Å². The van der Waals surface area contributed by atoms with E-state index in [2.05, 4.69) is 21.0 Å². The molecule has 7 nitrogen and oxygen atoms in total. The van der Waals surface area contributed by atoms with Crippen molar-refractivity contribution >= 4 is 62.0 Å². The number of carbonyl (C=O) groups excluding carboxylic acids is 1. The van der Waals surface area contributed by atoms with Crippen LogP contribution in [0.25, 0.3) is 0 Å². The average molecular weight is 520 g/mol. The summed E-state index contributed by atoms with van der Waals surface area (Å²) >= 11 is 9.45. The summed E-state index contributed by atoms with van der Waals surface area (Å²) in [5, 5.41) is 16.3. The van der Waals surface area contributed by atoms with Crippen LogP contribution in [-0.4, -0.2) is 32.1 Å². The minimum atomic E-state index is -4.74. The maximum atomic E-state index is 12.9. The number of nitro groups is 1. The second-order valence-corrected chi connectivity index (χ2v) is 8.25. The van der Waals surface area contributed by atoms with Crippen LogP contribution in [0.15, 0.2) is 46.0 Å². The van der Waals surface area contributed by atoms with Gasteiger partial charge in [0, 0.05) is 16.1 Å². The third-order valence-corrected chi connectivity index (χ3v) is 5.55. The van der Waals surface area contributed by atoms with Gasteiger partial charge in [-0.05, 0) is 30.3 Å². The van der Waals surface area contributed by atoms with Crippen molar-refractivity contribution in [3.05, 3.63) is 62.1 Å². The maximum absolute atomic E-state index is 12.9. The quantitative estimate of drug-likeness (QED) is 0.228. The number of halogens is 4. The van der Waals surface area contributed by atoms with Crippen molar-refractivity contribution in [2.75, 3.05) is 5.75 Å². The highest BCUT2D eigenvalue weighted by Gasteiger charge is 2.33. The number of nitro benzene ring substituents is 1. The van der Waals surface area contributed by atoms with Crippen LogP contribution in [0.4, 0.5) is 18.9 Å². The SMILES string of the molecule is O=C1CSC(=S)N1/N=C/c1cc(Br)ccc1Oc1ccc(C(F)(F)F)cc1[N+](=O)[O-]. The van der Waals surface area contributed by atoms with Gasteiger partial charge in [0.25, 0.3) is 5.91 Å². The van der Waals surface area contributed by atoms with Crippen LogP contribution < -0.4 is 4.74 Å². The standard InChI is InChI=1S/C17H9BrF3N3O4S2/c18-11-2-4-13(9(5-11)7-22-23-15(25)8-30-16(23)29)28-14-3-1-10(17(19,20)21)6-12(14)24(26)27/h1-7H,8H2/b22-7+. The molecule has 0 bridgehead atoms. The second-order valence-electron chi connectivity index (χ2n) is 5.73. The molecule has 1 saturated heterocycles. The molecule has 1 amide bonds. The third-order valence-electron chi connectivity index (χ3n) is 3.72. The Morgan fingerprint density at radius 1 is 1.27 bits per heavy atom. The molecule has 156 valence electrons. The fourth-order valence-electron chi connectivity index (χ4n) is 2.33. The van der Waals surface area contributed by atoms with E-state index in [0.717, 1.165) is 22.8 Å². The van der Waals surface area contributed by atoms with Crippen molar-refractivity contribution < 1.29 is 27.6 Å². The van der Waals surface area contributed by atoms with Gasteiger partial charge >= 0.3 is 11.9 Å². The van der Waals surface area contributed by atoms with Crippen LogP contribution in [0.3, 0.4) is 0 Å². The zero-order chi connectivity index (χ0) is 22.1. The van der Waals surface area contributed by atoms with Crippen LogP contribution in [0.5, 0.6) is 11.5 Å². The summed E-state index contributed by atoms with van der Waals surface area (Å²) in [6.45, 7) is 0. The fraction of sp³-hybridized carbons (Fsp3) is 0.118. The summed E-state index contributed by atoms with van der Waals surface area (Å²) in [7, 11) is 0. The first-order valence-electron chi connectivity index (χ1n) is 7.93. The molecule has 30 heavy (non-hydrogen) atoms. The lowest BCUT2D eigenvalue weighted by Gasteiger charge is -2.12. The van der Waals surface area contributed by atoms with E-state index in [0.29, 0.717) is 22.2 Å². The first-order chi connectivity index (χ1) is 14.1. The molecule has 0 aromatic heterocycles. The largest absolute Gasteiger partial charge is 0.449 e. The molecule has 1 heterocycles. The van der Waals surface area contributed by atoms with Gasteiger partial charge in [-0.15, -0.1) is 0 Å². The summed E-state index contributed by atoms with van der Waals surface area (Å²) in [6.07, 6.45) is -3.47. The summed E-state index contributed by atoms with van der Waals surface area (Å²) < 4.78 is 45.1. The van der Waals surface area contributed by atoms with Crippen LogP contribution in [-0.2, 0) is 11.0 Å². The molecular formula is C17H9BrF3N3O4S2. The molecule has 0 radical (unpaired) electrons. The van der Waals surface area contributed by atoms with Gasteiger partial charge in [0.1, 0.15) is 5.75 Å². The van der Waals surface area contributed by atoms with Crippen molar-refractivity contribution in [1.82, 2.24) is 5.01 Å². The Bertz CT molecular complexity index is 1060. The summed E-state index contributed by atoms with van der Waals surface area (Å²) in [6, 6.07) is 6.55. The number of hydrazone groups is 1. The topological polar surface area (TPSA) is 85.0 Å². The van der Waals surface area contributed by atoms with Crippen molar-refractivity contribution in [1.29, 1.82) is 0 Å². The lowest BCUT2D eigenvalue weighted by molar-refractivity contribution is -0.385. The molecule has 0 aliphatic carbocycles. The molecule has 0 saturated carbocycles. The van der Waals surface area contributed by atoms with Gasteiger partial charge in [-0.3, -0.25) is 14.9 Å². The van der Waals surface area contributed by atoms with Crippen molar-refractivity contribution in [3.63, 3.8) is 0 Å². The van der Waals surface area contributed by atoms with E-state index in [-0.39, 0.29) is 27.5 Å². The highest BCUT2D eigenvalue weighted by atomic mass is 79.9. The van der Waals surface area contributed by atoms with Gasteiger partial charge < -0.3 is 4.74 Å². The fourth-order valence-corrected chi connectivity index (χ4v) is 3.68. The van der Waals surface area contributed by atoms with Gasteiger partial charge in [-0.2, -0.15) is 23.3 Å². The number of alkyl halides is 3. The van der Waals surface area contributed by atoms with Gasteiger partial charge in [0.2, 0.25) is 5.75 Å². The highest BCUT2D eigenvalue weighted by Crippen LogP contribution is 2.38. The molecule has 0 atom stereocenters. The first-order valence-corrected chi connectivity index (χ1v) is 10.1. The van der Waals surface area contributed by atoms with Crippen LogP contribution >= 0.6 is 39.9 Å². The number of thioether (sulfide) groups is 1. The number of carbonyl (C=O) groups is 1. The molecule has 0 unspecified atom stereocenters. The summed E-state index contributed by atoms with van der Waals surface area (Å²) in [5.74, 6) is -0.448. The van der Waals surface area contributed by atoms with Gasteiger partial charge in [-0.25, -0.2) is 0 Å². The smallest absolute Gasteiger partial charge is 0.416 e. The molecule has 2 aromatic rings. The van der Waals surface area contributed by atoms with Crippen LogP contribution in [0.1, 0.15) is 11.1 Å². The Labute approximate surface area is 185 Å². The third kappa shape index (κ3) is 4.96. The molecule has 1 aliphatic rings. The van der Waals surface area contributed by atoms with Crippen molar-refractivity contribution in [2.45, 2.75) is 6.18 Å². The molecule has 1 aliphatic heterocycles. The minimum Gasteiger partial charge on any atom is -0.449 e. The normalized spacial score (nSPS) is 14.6. The number of hydrogen-bond donors (Lipinski definition) is 0. The van der Waals surface area contributed by atoms with E-state index >= 15 is 0 Å². The van der Waals surface area contributed by atoms with E-state index in [1.165, 1.54) is 12.3 Å². The van der Waals surface area contributed by atoms with Gasteiger partial charge in [0.15, 0.2) is 4.32 Å². The summed E-state index contributed by atoms with van der Waals surface area (Å²) in [4.78, 5) is 22.1. The summed E-state index contributed by atoms with van der Waals surface area (Å²) in [5.41, 5.74) is -1.70. The number of nitrogens with zero attached hydrogens (tertiary/aromatic N) is 3.